The van der Waals surface area contributed by atoms with Gasteiger partial charge in [-0.1, -0.05) is 18.2 Å². The van der Waals surface area contributed by atoms with E-state index < -0.39 is 0 Å². The molecule has 3 N–H and O–H groups in total. The SMILES string of the molecule is NNC(c1ccc(Br)o1)c1cccc2ccsc12. The van der Waals surface area contributed by atoms with Crippen LogP contribution in [0.3, 0.4) is 0 Å². The Hall–Kier alpha value is -1.14. The Morgan fingerprint density at radius 2 is 2.11 bits per heavy atom. The zero-order valence-corrected chi connectivity index (χ0v) is 11.8. The van der Waals surface area contributed by atoms with Crippen LogP contribution in [0, 0.1) is 0 Å². The van der Waals surface area contributed by atoms with Gasteiger partial charge in [-0.05, 0) is 50.5 Å². The molecule has 1 atom stereocenters. The third kappa shape index (κ3) is 1.99. The van der Waals surface area contributed by atoms with Gasteiger partial charge in [0.1, 0.15) is 11.8 Å². The van der Waals surface area contributed by atoms with E-state index in [2.05, 4.69) is 44.9 Å². The third-order valence-electron chi connectivity index (χ3n) is 2.87. The van der Waals surface area contributed by atoms with Gasteiger partial charge in [0.05, 0.1) is 0 Å². The molecule has 5 heteroatoms. The number of furan rings is 1. The Bertz CT molecular complexity index is 676. The van der Waals surface area contributed by atoms with Gasteiger partial charge in [-0.25, -0.2) is 5.43 Å². The van der Waals surface area contributed by atoms with Crippen molar-refractivity contribution in [3.63, 3.8) is 0 Å². The molecule has 2 heterocycles. The van der Waals surface area contributed by atoms with E-state index in [1.165, 1.54) is 10.1 Å². The van der Waals surface area contributed by atoms with Gasteiger partial charge in [0.25, 0.3) is 0 Å². The van der Waals surface area contributed by atoms with Crippen LogP contribution in [0.1, 0.15) is 17.4 Å². The van der Waals surface area contributed by atoms with E-state index in [4.69, 9.17) is 10.3 Å². The highest BCUT2D eigenvalue weighted by atomic mass is 79.9. The summed E-state index contributed by atoms with van der Waals surface area (Å²) >= 11 is 5.02. The first-order valence-corrected chi connectivity index (χ1v) is 7.14. The second-order valence-electron chi connectivity index (χ2n) is 3.93. The number of benzene rings is 1. The summed E-state index contributed by atoms with van der Waals surface area (Å²) in [4.78, 5) is 0. The number of nitrogens with two attached hydrogens (primary N) is 1. The van der Waals surface area contributed by atoms with E-state index in [1.54, 1.807) is 11.3 Å². The van der Waals surface area contributed by atoms with Crippen LogP contribution >= 0.6 is 27.3 Å². The maximum atomic E-state index is 5.69. The number of halogens is 1. The van der Waals surface area contributed by atoms with Crippen LogP contribution < -0.4 is 11.3 Å². The predicted molar refractivity (Wildman–Crippen MR) is 77.4 cm³/mol. The fraction of sp³-hybridized carbons (Fsp3) is 0.0769. The van der Waals surface area contributed by atoms with Gasteiger partial charge in [0.15, 0.2) is 4.67 Å². The highest BCUT2D eigenvalue weighted by Crippen LogP contribution is 2.33. The quantitative estimate of drug-likeness (QED) is 0.569. The maximum Gasteiger partial charge on any atom is 0.169 e. The van der Waals surface area contributed by atoms with E-state index in [-0.39, 0.29) is 6.04 Å². The standard InChI is InChI=1S/C13H11BrN2OS/c14-11-5-4-10(17-11)12(16-15)9-3-1-2-8-6-7-18-13(8)9/h1-7,12,16H,15H2. The van der Waals surface area contributed by atoms with Crippen molar-refractivity contribution in [3.8, 4) is 0 Å². The van der Waals surface area contributed by atoms with Gasteiger partial charge in [0.2, 0.25) is 0 Å². The maximum absolute atomic E-state index is 5.69. The predicted octanol–water partition coefficient (Wildman–Crippen LogP) is 3.81. The molecular weight excluding hydrogens is 312 g/mol. The van der Waals surface area contributed by atoms with E-state index in [0.717, 1.165) is 11.3 Å². The van der Waals surface area contributed by atoms with E-state index in [0.29, 0.717) is 4.67 Å². The van der Waals surface area contributed by atoms with Gasteiger partial charge >= 0.3 is 0 Å². The zero-order valence-electron chi connectivity index (χ0n) is 9.39. The van der Waals surface area contributed by atoms with Crippen molar-refractivity contribution >= 4 is 37.4 Å². The summed E-state index contributed by atoms with van der Waals surface area (Å²) in [6.45, 7) is 0. The van der Waals surface area contributed by atoms with Crippen molar-refractivity contribution in [1.82, 2.24) is 5.43 Å². The molecule has 0 aliphatic rings. The van der Waals surface area contributed by atoms with Gasteiger partial charge in [-0.15, -0.1) is 11.3 Å². The van der Waals surface area contributed by atoms with Crippen LogP contribution in [0.15, 0.2) is 50.9 Å². The summed E-state index contributed by atoms with van der Waals surface area (Å²) in [7, 11) is 0. The molecule has 3 nitrogen and oxygen atoms in total. The highest BCUT2D eigenvalue weighted by Gasteiger charge is 2.18. The molecule has 2 aromatic heterocycles. The molecule has 1 unspecified atom stereocenters. The van der Waals surface area contributed by atoms with E-state index >= 15 is 0 Å². The largest absolute Gasteiger partial charge is 0.452 e. The Morgan fingerprint density at radius 1 is 1.22 bits per heavy atom. The fourth-order valence-corrected chi connectivity index (χ4v) is 3.32. The Kier molecular flexibility index (Phi) is 3.22. The molecule has 0 saturated heterocycles. The summed E-state index contributed by atoms with van der Waals surface area (Å²) in [5.41, 5.74) is 3.95. The minimum absolute atomic E-state index is 0.140. The number of hydrogen-bond donors (Lipinski definition) is 2. The van der Waals surface area contributed by atoms with Crippen LogP contribution in [0.4, 0.5) is 0 Å². The first-order chi connectivity index (χ1) is 8.79. The van der Waals surface area contributed by atoms with Gasteiger partial charge < -0.3 is 4.42 Å². The first kappa shape index (κ1) is 11.9. The lowest BCUT2D eigenvalue weighted by Gasteiger charge is -2.14. The van der Waals surface area contributed by atoms with Crippen molar-refractivity contribution in [3.05, 3.63) is 57.8 Å². The van der Waals surface area contributed by atoms with Crippen molar-refractivity contribution in [1.29, 1.82) is 0 Å². The minimum atomic E-state index is -0.140. The lowest BCUT2D eigenvalue weighted by atomic mass is 10.0. The van der Waals surface area contributed by atoms with Crippen LogP contribution in [0.25, 0.3) is 10.1 Å². The van der Waals surface area contributed by atoms with Crippen molar-refractivity contribution < 1.29 is 4.42 Å². The molecule has 0 spiro atoms. The summed E-state index contributed by atoms with van der Waals surface area (Å²) < 4.78 is 7.53. The lowest BCUT2D eigenvalue weighted by molar-refractivity contribution is 0.439. The molecule has 18 heavy (non-hydrogen) atoms. The Balaban J connectivity index is 2.14. The molecule has 0 radical (unpaired) electrons. The molecule has 92 valence electrons. The molecule has 1 aromatic carbocycles. The average molecular weight is 323 g/mol. The number of hydrogen-bond acceptors (Lipinski definition) is 4. The monoisotopic (exact) mass is 322 g/mol. The van der Waals surface area contributed by atoms with E-state index in [1.807, 2.05) is 18.2 Å². The third-order valence-corrected chi connectivity index (χ3v) is 4.27. The molecule has 0 bridgehead atoms. The minimum Gasteiger partial charge on any atom is -0.452 e. The first-order valence-electron chi connectivity index (χ1n) is 5.47. The van der Waals surface area contributed by atoms with Crippen molar-refractivity contribution in [2.45, 2.75) is 6.04 Å². The fourth-order valence-electron chi connectivity index (χ4n) is 2.05. The molecule has 0 fully saturated rings. The van der Waals surface area contributed by atoms with Gasteiger partial charge in [0, 0.05) is 4.70 Å². The smallest absolute Gasteiger partial charge is 0.169 e. The summed E-state index contributed by atoms with van der Waals surface area (Å²) in [5, 5.41) is 3.31. The molecule has 3 aromatic rings. The summed E-state index contributed by atoms with van der Waals surface area (Å²) in [6.07, 6.45) is 0. The Labute approximate surface area is 117 Å². The normalized spacial score (nSPS) is 13.0. The summed E-state index contributed by atoms with van der Waals surface area (Å²) in [6, 6.07) is 12.0. The van der Waals surface area contributed by atoms with Crippen LogP contribution in [-0.4, -0.2) is 0 Å². The highest BCUT2D eigenvalue weighted by molar-refractivity contribution is 9.10. The number of rotatable bonds is 3. The topological polar surface area (TPSA) is 51.2 Å². The molecule has 0 amide bonds. The van der Waals surface area contributed by atoms with Crippen molar-refractivity contribution in [2.24, 2.45) is 5.84 Å². The second-order valence-corrected chi connectivity index (χ2v) is 5.63. The molecular formula is C13H11BrN2OS. The lowest BCUT2D eigenvalue weighted by Crippen LogP contribution is -2.28. The molecule has 3 rings (SSSR count). The van der Waals surface area contributed by atoms with Crippen molar-refractivity contribution in [2.75, 3.05) is 0 Å². The zero-order chi connectivity index (χ0) is 12.5. The summed E-state index contributed by atoms with van der Waals surface area (Å²) in [5.74, 6) is 6.48. The Morgan fingerprint density at radius 3 is 2.83 bits per heavy atom. The van der Waals surface area contributed by atoms with Crippen LogP contribution in [0.2, 0.25) is 0 Å². The van der Waals surface area contributed by atoms with Gasteiger partial charge in [-0.3, -0.25) is 5.84 Å². The van der Waals surface area contributed by atoms with Crippen LogP contribution in [-0.2, 0) is 0 Å². The molecule has 0 aliphatic carbocycles. The number of nitrogens with one attached hydrogen (secondary N) is 1. The average Bonchev–Trinajstić information content (AvgIpc) is 2.99. The van der Waals surface area contributed by atoms with Gasteiger partial charge in [-0.2, -0.15) is 0 Å². The second kappa shape index (κ2) is 4.85. The number of hydrazine groups is 1. The molecule has 0 saturated carbocycles. The van der Waals surface area contributed by atoms with E-state index in [9.17, 15) is 0 Å². The van der Waals surface area contributed by atoms with Crippen LogP contribution in [0.5, 0.6) is 0 Å². The number of fused-ring (bicyclic) bond motifs is 1. The number of thiophene rings is 1. The molecule has 0 aliphatic heterocycles.